The van der Waals surface area contributed by atoms with E-state index >= 15 is 0 Å². The maximum atomic E-state index is 6.02. The summed E-state index contributed by atoms with van der Waals surface area (Å²) in [7, 11) is 0. The zero-order valence-electron chi connectivity index (χ0n) is 9.93. The van der Waals surface area contributed by atoms with Gasteiger partial charge in [-0.3, -0.25) is 0 Å². The average Bonchev–Trinajstić information content (AvgIpc) is 3.07. The predicted molar refractivity (Wildman–Crippen MR) is 66.9 cm³/mol. The van der Waals surface area contributed by atoms with E-state index in [1.54, 1.807) is 4.52 Å². The Morgan fingerprint density at radius 3 is 3.12 bits per heavy atom. The van der Waals surface area contributed by atoms with Gasteiger partial charge in [0.15, 0.2) is 5.65 Å². The van der Waals surface area contributed by atoms with Crippen molar-refractivity contribution in [1.82, 2.24) is 14.6 Å². The molecule has 1 unspecified atom stereocenters. The van der Waals surface area contributed by atoms with Crippen LogP contribution in [-0.4, -0.2) is 27.2 Å². The lowest BCUT2D eigenvalue weighted by atomic mass is 10.2. The van der Waals surface area contributed by atoms with E-state index in [0.717, 1.165) is 12.2 Å². The fourth-order valence-electron chi connectivity index (χ4n) is 1.96. The van der Waals surface area contributed by atoms with Gasteiger partial charge in [0, 0.05) is 18.8 Å². The van der Waals surface area contributed by atoms with Crippen LogP contribution in [-0.2, 0) is 0 Å². The fourth-order valence-corrected chi connectivity index (χ4v) is 1.96. The Bertz CT molecular complexity index is 529. The van der Waals surface area contributed by atoms with Gasteiger partial charge >= 0.3 is 0 Å². The molecule has 1 saturated carbocycles. The third-order valence-electron chi connectivity index (χ3n) is 3.20. The molecule has 0 spiro atoms. The molecule has 0 bridgehead atoms. The molecule has 1 atom stereocenters. The minimum atomic E-state index is 0.225. The number of hydrogen-bond acceptors (Lipinski definition) is 4. The lowest BCUT2D eigenvalue weighted by molar-refractivity contribution is 0.618. The van der Waals surface area contributed by atoms with Gasteiger partial charge in [-0.2, -0.15) is 4.98 Å². The van der Waals surface area contributed by atoms with Gasteiger partial charge in [0.25, 0.3) is 0 Å². The molecular formula is C12H17N5. The number of fused-ring (bicyclic) bond motifs is 1. The van der Waals surface area contributed by atoms with Crippen LogP contribution in [0.1, 0.15) is 18.4 Å². The second kappa shape index (κ2) is 4.00. The minimum Gasteiger partial charge on any atom is -0.351 e. The third kappa shape index (κ3) is 2.24. The van der Waals surface area contributed by atoms with E-state index < -0.39 is 0 Å². The third-order valence-corrected chi connectivity index (χ3v) is 3.20. The number of nitrogens with two attached hydrogens (primary N) is 1. The van der Waals surface area contributed by atoms with E-state index in [9.17, 15) is 0 Å². The van der Waals surface area contributed by atoms with Gasteiger partial charge in [0.05, 0.1) is 0 Å². The lowest BCUT2D eigenvalue weighted by Crippen LogP contribution is -2.31. The molecule has 17 heavy (non-hydrogen) atoms. The van der Waals surface area contributed by atoms with Crippen LogP contribution in [0.15, 0.2) is 18.3 Å². The first kappa shape index (κ1) is 10.5. The highest BCUT2D eigenvalue weighted by Crippen LogP contribution is 2.31. The van der Waals surface area contributed by atoms with Crippen molar-refractivity contribution in [2.24, 2.45) is 11.7 Å². The Kier molecular flexibility index (Phi) is 2.48. The first-order valence-corrected chi connectivity index (χ1v) is 6.05. The van der Waals surface area contributed by atoms with E-state index in [-0.39, 0.29) is 6.04 Å². The number of aromatic nitrogens is 3. The number of pyridine rings is 1. The summed E-state index contributed by atoms with van der Waals surface area (Å²) in [4.78, 5) is 4.39. The van der Waals surface area contributed by atoms with Crippen molar-refractivity contribution in [2.75, 3.05) is 11.9 Å². The number of nitrogens with zero attached hydrogens (tertiary/aromatic N) is 3. The summed E-state index contributed by atoms with van der Waals surface area (Å²) >= 11 is 0. The van der Waals surface area contributed by atoms with E-state index in [1.807, 2.05) is 25.3 Å². The van der Waals surface area contributed by atoms with Gasteiger partial charge in [-0.25, -0.2) is 4.52 Å². The zero-order valence-corrected chi connectivity index (χ0v) is 9.93. The SMILES string of the molecule is Cc1ccc2nc(NCC(N)C3CC3)nn2c1. The van der Waals surface area contributed by atoms with Crippen LogP contribution < -0.4 is 11.1 Å². The van der Waals surface area contributed by atoms with Crippen LogP contribution in [0, 0.1) is 12.8 Å². The van der Waals surface area contributed by atoms with Crippen molar-refractivity contribution >= 4 is 11.6 Å². The molecule has 0 radical (unpaired) electrons. The Hall–Kier alpha value is -1.62. The molecule has 2 aromatic rings. The summed E-state index contributed by atoms with van der Waals surface area (Å²) in [6, 6.07) is 4.22. The molecule has 90 valence electrons. The number of rotatable bonds is 4. The van der Waals surface area contributed by atoms with E-state index in [4.69, 9.17) is 5.73 Å². The van der Waals surface area contributed by atoms with Gasteiger partial charge in [0.2, 0.25) is 5.95 Å². The molecule has 5 nitrogen and oxygen atoms in total. The van der Waals surface area contributed by atoms with Gasteiger partial charge in [0.1, 0.15) is 0 Å². The Balaban J connectivity index is 1.72. The number of anilines is 1. The van der Waals surface area contributed by atoms with Crippen LogP contribution in [0.2, 0.25) is 0 Å². The Morgan fingerprint density at radius 2 is 2.35 bits per heavy atom. The normalized spacial score (nSPS) is 17.3. The van der Waals surface area contributed by atoms with Crippen LogP contribution in [0.5, 0.6) is 0 Å². The van der Waals surface area contributed by atoms with E-state index in [2.05, 4.69) is 15.4 Å². The standard InChI is InChI=1S/C12H17N5/c1-8-2-5-11-15-12(16-17(11)7-8)14-6-10(13)9-3-4-9/h2,5,7,9-10H,3-4,6,13H2,1H3,(H,14,16). The van der Waals surface area contributed by atoms with Gasteiger partial charge in [-0.15, -0.1) is 5.10 Å². The quantitative estimate of drug-likeness (QED) is 0.829. The number of hydrogen-bond donors (Lipinski definition) is 2. The molecule has 3 rings (SSSR count). The van der Waals surface area contributed by atoms with Crippen molar-refractivity contribution in [3.8, 4) is 0 Å². The maximum absolute atomic E-state index is 6.02. The summed E-state index contributed by atoms with van der Waals surface area (Å²) in [5, 5.41) is 7.57. The van der Waals surface area contributed by atoms with Crippen molar-refractivity contribution in [3.05, 3.63) is 23.9 Å². The minimum absolute atomic E-state index is 0.225. The highest BCUT2D eigenvalue weighted by atomic mass is 15.3. The Labute approximate surface area is 100 Å². The molecule has 1 aliphatic rings. The van der Waals surface area contributed by atoms with Gasteiger partial charge in [-0.05, 0) is 37.3 Å². The molecular weight excluding hydrogens is 214 g/mol. The second-order valence-corrected chi connectivity index (χ2v) is 4.83. The second-order valence-electron chi connectivity index (χ2n) is 4.83. The molecule has 1 aliphatic carbocycles. The summed E-state index contributed by atoms with van der Waals surface area (Å²) < 4.78 is 1.79. The maximum Gasteiger partial charge on any atom is 0.243 e. The van der Waals surface area contributed by atoms with E-state index in [1.165, 1.54) is 18.4 Å². The zero-order chi connectivity index (χ0) is 11.8. The number of aryl methyl sites for hydroxylation is 1. The molecule has 2 aromatic heterocycles. The monoisotopic (exact) mass is 231 g/mol. The predicted octanol–water partition coefficient (Wildman–Crippen LogP) is 1.19. The number of nitrogens with one attached hydrogen (secondary N) is 1. The first-order valence-electron chi connectivity index (χ1n) is 6.05. The molecule has 0 aromatic carbocycles. The highest BCUT2D eigenvalue weighted by molar-refractivity contribution is 5.44. The summed E-state index contributed by atoms with van der Waals surface area (Å²) in [6.45, 7) is 2.79. The molecule has 1 fully saturated rings. The lowest BCUT2D eigenvalue weighted by Gasteiger charge is -2.09. The molecule has 0 aliphatic heterocycles. The van der Waals surface area contributed by atoms with Crippen LogP contribution in [0.3, 0.4) is 0 Å². The van der Waals surface area contributed by atoms with Crippen LogP contribution in [0.4, 0.5) is 5.95 Å². The van der Waals surface area contributed by atoms with Gasteiger partial charge in [-0.1, -0.05) is 6.07 Å². The summed E-state index contributed by atoms with van der Waals surface area (Å²) in [5.74, 6) is 1.36. The molecule has 2 heterocycles. The molecule has 5 heteroatoms. The highest BCUT2D eigenvalue weighted by Gasteiger charge is 2.28. The smallest absolute Gasteiger partial charge is 0.243 e. The first-order chi connectivity index (χ1) is 8.22. The van der Waals surface area contributed by atoms with Crippen molar-refractivity contribution in [3.63, 3.8) is 0 Å². The summed E-state index contributed by atoms with van der Waals surface area (Å²) in [6.07, 6.45) is 4.50. The van der Waals surface area contributed by atoms with Crippen LogP contribution in [0.25, 0.3) is 5.65 Å². The van der Waals surface area contributed by atoms with Crippen molar-refractivity contribution in [2.45, 2.75) is 25.8 Å². The largest absolute Gasteiger partial charge is 0.351 e. The molecule has 0 saturated heterocycles. The van der Waals surface area contributed by atoms with Gasteiger partial charge < -0.3 is 11.1 Å². The van der Waals surface area contributed by atoms with E-state index in [0.29, 0.717) is 11.9 Å². The van der Waals surface area contributed by atoms with Crippen molar-refractivity contribution < 1.29 is 0 Å². The fraction of sp³-hybridized carbons (Fsp3) is 0.500. The summed E-state index contributed by atoms with van der Waals surface area (Å²) in [5.41, 5.74) is 8.05. The Morgan fingerprint density at radius 1 is 1.53 bits per heavy atom. The topological polar surface area (TPSA) is 68.2 Å². The molecule has 3 N–H and O–H groups in total. The van der Waals surface area contributed by atoms with Crippen molar-refractivity contribution in [1.29, 1.82) is 0 Å². The average molecular weight is 231 g/mol. The van der Waals surface area contributed by atoms with Crippen LogP contribution >= 0.6 is 0 Å². The molecule has 0 amide bonds.